The van der Waals surface area contributed by atoms with Crippen molar-refractivity contribution in [1.29, 1.82) is 0 Å². The molecule has 0 saturated heterocycles. The Labute approximate surface area is 43.4 Å². The second kappa shape index (κ2) is 1.77. The molecular formula is C3HF2N3. The van der Waals surface area contributed by atoms with Crippen molar-refractivity contribution in [3.63, 3.8) is 0 Å². The van der Waals surface area contributed by atoms with Gasteiger partial charge in [-0.05, 0) is 5.21 Å². The molecule has 0 aromatic carbocycles. The molecule has 1 rings (SSSR count). The van der Waals surface area contributed by atoms with Crippen LogP contribution in [0.2, 0.25) is 0 Å². The van der Waals surface area contributed by atoms with E-state index in [2.05, 4.69) is 15.4 Å². The monoisotopic (exact) mass is 117 g/mol. The molecule has 0 radical (unpaired) electrons. The highest BCUT2D eigenvalue weighted by atomic mass is 19.2. The quantitative estimate of drug-likeness (QED) is 0.485. The molecule has 0 atom stereocenters. The summed E-state index contributed by atoms with van der Waals surface area (Å²) in [6.45, 7) is 0. The maximum absolute atomic E-state index is 11.8. The molecule has 0 unspecified atom stereocenters. The molecule has 0 aliphatic rings. The average molecular weight is 117 g/mol. The Balaban J connectivity index is 3.13. The maximum atomic E-state index is 11.8. The summed E-state index contributed by atoms with van der Waals surface area (Å²) in [5.41, 5.74) is 0. The Hall–Kier alpha value is -1.13. The summed E-state index contributed by atoms with van der Waals surface area (Å²) in [6.07, 6.45) is 0.655. The Kier molecular flexibility index (Phi) is 1.11. The SMILES string of the molecule is Fc1cnnnc1F. The van der Waals surface area contributed by atoms with Crippen LogP contribution in [0.25, 0.3) is 0 Å². The lowest BCUT2D eigenvalue weighted by atomic mass is 10.7. The zero-order chi connectivity index (χ0) is 5.98. The van der Waals surface area contributed by atoms with Crippen LogP contribution < -0.4 is 0 Å². The topological polar surface area (TPSA) is 38.7 Å². The largest absolute Gasteiger partial charge is 0.272 e. The summed E-state index contributed by atoms with van der Waals surface area (Å²) in [5, 5.41) is 8.48. The summed E-state index contributed by atoms with van der Waals surface area (Å²) >= 11 is 0. The van der Waals surface area contributed by atoms with Gasteiger partial charge in [0, 0.05) is 0 Å². The van der Waals surface area contributed by atoms with Crippen molar-refractivity contribution in [2.75, 3.05) is 0 Å². The lowest BCUT2D eigenvalue weighted by Crippen LogP contribution is -1.93. The first-order valence-corrected chi connectivity index (χ1v) is 1.80. The Bertz CT molecular complexity index is 169. The molecule has 0 spiro atoms. The van der Waals surface area contributed by atoms with Gasteiger partial charge >= 0.3 is 0 Å². The first kappa shape index (κ1) is 5.02. The molecule has 0 bridgehead atoms. The minimum Gasteiger partial charge on any atom is -0.200 e. The summed E-state index contributed by atoms with van der Waals surface area (Å²) in [6, 6.07) is 0. The van der Waals surface area contributed by atoms with E-state index in [1.807, 2.05) is 0 Å². The first-order chi connectivity index (χ1) is 3.80. The van der Waals surface area contributed by atoms with Gasteiger partial charge in [0.1, 0.15) is 0 Å². The third-order valence-electron chi connectivity index (χ3n) is 0.552. The Morgan fingerprint density at radius 2 is 2.12 bits per heavy atom. The van der Waals surface area contributed by atoms with E-state index in [1.165, 1.54) is 0 Å². The lowest BCUT2D eigenvalue weighted by Gasteiger charge is -1.81. The molecule has 0 saturated carbocycles. The summed E-state index contributed by atoms with van der Waals surface area (Å²) < 4.78 is 23.5. The average Bonchev–Trinajstić information content (AvgIpc) is 1.77. The van der Waals surface area contributed by atoms with Gasteiger partial charge in [-0.2, -0.15) is 4.39 Å². The van der Waals surface area contributed by atoms with Gasteiger partial charge in [-0.3, -0.25) is 0 Å². The van der Waals surface area contributed by atoms with E-state index in [1.54, 1.807) is 0 Å². The van der Waals surface area contributed by atoms with Gasteiger partial charge in [-0.15, -0.1) is 5.10 Å². The van der Waals surface area contributed by atoms with Gasteiger partial charge in [0.05, 0.1) is 6.20 Å². The van der Waals surface area contributed by atoms with E-state index in [4.69, 9.17) is 0 Å². The smallest absolute Gasteiger partial charge is 0.200 e. The molecule has 1 aromatic rings. The highest BCUT2D eigenvalue weighted by Crippen LogP contribution is 1.93. The normalized spacial score (nSPS) is 9.25. The van der Waals surface area contributed by atoms with Crippen molar-refractivity contribution in [1.82, 2.24) is 15.4 Å². The minimum atomic E-state index is -1.22. The van der Waals surface area contributed by atoms with Gasteiger partial charge in [0.25, 0.3) is 5.95 Å². The van der Waals surface area contributed by atoms with Crippen LogP contribution in [-0.4, -0.2) is 15.4 Å². The highest BCUT2D eigenvalue weighted by molar-refractivity contribution is 4.81. The van der Waals surface area contributed by atoms with Gasteiger partial charge in [0.15, 0.2) is 5.82 Å². The lowest BCUT2D eigenvalue weighted by molar-refractivity contribution is 0.451. The summed E-state index contributed by atoms with van der Waals surface area (Å²) in [7, 11) is 0. The number of hydrogen-bond acceptors (Lipinski definition) is 3. The first-order valence-electron chi connectivity index (χ1n) is 1.80. The fourth-order valence-electron chi connectivity index (χ4n) is 0.243. The molecule has 0 aliphatic carbocycles. The molecule has 0 aliphatic heterocycles. The summed E-state index contributed by atoms with van der Waals surface area (Å²) in [4.78, 5) is 0. The molecule has 8 heavy (non-hydrogen) atoms. The molecule has 5 heteroatoms. The number of halogens is 2. The standard InChI is InChI=1S/C3HF2N3/c4-2-1-6-8-7-3(2)5/h1H. The molecule has 0 fully saturated rings. The van der Waals surface area contributed by atoms with Crippen LogP contribution in [0.15, 0.2) is 6.20 Å². The van der Waals surface area contributed by atoms with Crippen molar-refractivity contribution in [2.45, 2.75) is 0 Å². The second-order valence-electron chi connectivity index (χ2n) is 1.07. The van der Waals surface area contributed by atoms with Crippen molar-refractivity contribution in [3.8, 4) is 0 Å². The zero-order valence-electron chi connectivity index (χ0n) is 3.67. The molecule has 1 aromatic heterocycles. The fourth-order valence-corrected chi connectivity index (χ4v) is 0.243. The minimum absolute atomic E-state index is 0.655. The van der Waals surface area contributed by atoms with Gasteiger partial charge in [-0.1, -0.05) is 5.10 Å². The van der Waals surface area contributed by atoms with Crippen LogP contribution in [-0.2, 0) is 0 Å². The Morgan fingerprint density at radius 1 is 1.38 bits per heavy atom. The molecular weight excluding hydrogens is 116 g/mol. The van der Waals surface area contributed by atoms with Crippen LogP contribution in [0.3, 0.4) is 0 Å². The predicted octanol–water partition coefficient (Wildman–Crippen LogP) is 0.150. The number of aromatic nitrogens is 3. The van der Waals surface area contributed by atoms with Crippen LogP contribution in [0.1, 0.15) is 0 Å². The van der Waals surface area contributed by atoms with Crippen molar-refractivity contribution < 1.29 is 8.78 Å². The van der Waals surface area contributed by atoms with Crippen molar-refractivity contribution in [2.24, 2.45) is 0 Å². The molecule has 0 N–H and O–H groups in total. The molecule has 42 valence electrons. The zero-order valence-corrected chi connectivity index (χ0v) is 3.67. The predicted molar refractivity (Wildman–Crippen MR) is 19.7 cm³/mol. The molecule has 1 heterocycles. The molecule has 3 nitrogen and oxygen atoms in total. The number of rotatable bonds is 0. The van der Waals surface area contributed by atoms with E-state index >= 15 is 0 Å². The van der Waals surface area contributed by atoms with Crippen molar-refractivity contribution >= 4 is 0 Å². The van der Waals surface area contributed by atoms with Gasteiger partial charge in [0.2, 0.25) is 0 Å². The third kappa shape index (κ3) is 0.749. The second-order valence-corrected chi connectivity index (χ2v) is 1.07. The van der Waals surface area contributed by atoms with Gasteiger partial charge < -0.3 is 0 Å². The van der Waals surface area contributed by atoms with E-state index in [9.17, 15) is 8.78 Å². The highest BCUT2D eigenvalue weighted by Gasteiger charge is 1.98. The number of hydrogen-bond donors (Lipinski definition) is 0. The van der Waals surface area contributed by atoms with E-state index in [-0.39, 0.29) is 0 Å². The fraction of sp³-hybridized carbons (Fsp3) is 0. The molecule has 0 amide bonds. The third-order valence-corrected chi connectivity index (χ3v) is 0.552. The van der Waals surface area contributed by atoms with Crippen LogP contribution in [0.4, 0.5) is 8.78 Å². The Morgan fingerprint density at radius 3 is 2.50 bits per heavy atom. The van der Waals surface area contributed by atoms with E-state index < -0.39 is 11.8 Å². The van der Waals surface area contributed by atoms with E-state index in [0.29, 0.717) is 6.20 Å². The number of nitrogens with zero attached hydrogens (tertiary/aromatic N) is 3. The van der Waals surface area contributed by atoms with Crippen molar-refractivity contribution in [3.05, 3.63) is 18.0 Å². The summed E-state index contributed by atoms with van der Waals surface area (Å²) in [5.74, 6) is -2.31. The maximum Gasteiger partial charge on any atom is 0.272 e. The van der Waals surface area contributed by atoms with Crippen LogP contribution in [0.5, 0.6) is 0 Å². The van der Waals surface area contributed by atoms with Crippen LogP contribution >= 0.6 is 0 Å². The van der Waals surface area contributed by atoms with E-state index in [0.717, 1.165) is 0 Å². The van der Waals surface area contributed by atoms with Crippen LogP contribution in [0, 0.1) is 11.8 Å². The van der Waals surface area contributed by atoms with Gasteiger partial charge in [-0.25, -0.2) is 4.39 Å².